The summed E-state index contributed by atoms with van der Waals surface area (Å²) in [6, 6.07) is 11.8. The SMILES string of the molecule is O=S(=O)(OS(=O)(=O)C(F)(F)C(F)(F)C(F)(F)C(F)(F)F)C(c1ccccc1)c1ccccc1. The second-order valence-corrected chi connectivity index (χ2v) is 9.80. The minimum Gasteiger partial charge on any atom is -0.197 e. The second-order valence-electron chi connectivity index (χ2n) is 6.38. The van der Waals surface area contributed by atoms with Gasteiger partial charge in [-0.25, -0.2) is 0 Å². The summed E-state index contributed by atoms with van der Waals surface area (Å²) < 4.78 is 169. The molecule has 16 heteroatoms. The van der Waals surface area contributed by atoms with Crippen LogP contribution in [0.15, 0.2) is 60.7 Å². The van der Waals surface area contributed by atoms with Crippen molar-refractivity contribution < 1.29 is 60.0 Å². The van der Waals surface area contributed by atoms with Gasteiger partial charge in [-0.1, -0.05) is 60.7 Å². The highest BCUT2D eigenvalue weighted by atomic mass is 32.3. The van der Waals surface area contributed by atoms with Crippen molar-refractivity contribution in [3.8, 4) is 0 Å². The molecule has 0 aliphatic heterocycles. The average molecular weight is 530 g/mol. The van der Waals surface area contributed by atoms with Crippen LogP contribution in [0, 0.1) is 0 Å². The fourth-order valence-corrected chi connectivity index (χ4v) is 5.58. The fourth-order valence-electron chi connectivity index (χ4n) is 2.51. The van der Waals surface area contributed by atoms with Gasteiger partial charge in [-0.2, -0.15) is 56.3 Å². The molecule has 0 N–H and O–H groups in total. The largest absolute Gasteiger partial charge is 0.460 e. The van der Waals surface area contributed by atoms with Crippen molar-refractivity contribution in [2.45, 2.75) is 28.5 Å². The van der Waals surface area contributed by atoms with Crippen LogP contribution >= 0.6 is 0 Å². The molecule has 184 valence electrons. The summed E-state index contributed by atoms with van der Waals surface area (Å²) in [7, 11) is -13.6. The Hall–Kier alpha value is -2.33. The van der Waals surface area contributed by atoms with Crippen molar-refractivity contribution >= 4 is 20.2 Å². The number of rotatable bonds is 8. The lowest BCUT2D eigenvalue weighted by Gasteiger charge is -2.32. The maximum Gasteiger partial charge on any atom is 0.460 e. The minimum atomic E-state index is -7.64. The molecule has 0 saturated heterocycles. The van der Waals surface area contributed by atoms with Crippen LogP contribution in [0.5, 0.6) is 0 Å². The third-order valence-electron chi connectivity index (χ3n) is 4.11. The minimum absolute atomic E-state index is 0.324. The van der Waals surface area contributed by atoms with E-state index in [9.17, 15) is 56.3 Å². The van der Waals surface area contributed by atoms with E-state index in [0.717, 1.165) is 24.3 Å². The lowest BCUT2D eigenvalue weighted by atomic mass is 10.0. The van der Waals surface area contributed by atoms with Crippen LogP contribution in [-0.4, -0.2) is 40.1 Å². The molecule has 2 aromatic rings. The lowest BCUT2D eigenvalue weighted by Crippen LogP contribution is -2.63. The van der Waals surface area contributed by atoms with E-state index in [0.29, 0.717) is 0 Å². The van der Waals surface area contributed by atoms with Gasteiger partial charge in [0.25, 0.3) is 10.1 Å². The molecule has 0 saturated carbocycles. The highest BCUT2D eigenvalue weighted by Crippen LogP contribution is 2.55. The lowest BCUT2D eigenvalue weighted by molar-refractivity contribution is -0.382. The zero-order valence-corrected chi connectivity index (χ0v) is 17.2. The summed E-state index contributed by atoms with van der Waals surface area (Å²) in [4.78, 5) is 0. The topological polar surface area (TPSA) is 77.5 Å². The van der Waals surface area contributed by atoms with Gasteiger partial charge in [0, 0.05) is 0 Å². The first-order valence-corrected chi connectivity index (χ1v) is 11.2. The van der Waals surface area contributed by atoms with Crippen LogP contribution in [0.1, 0.15) is 16.4 Å². The third-order valence-corrected chi connectivity index (χ3v) is 7.59. The van der Waals surface area contributed by atoms with E-state index < -0.39 is 48.8 Å². The molecule has 0 radical (unpaired) electrons. The molecule has 0 unspecified atom stereocenters. The van der Waals surface area contributed by atoms with Gasteiger partial charge < -0.3 is 0 Å². The number of hydrogen-bond donors (Lipinski definition) is 0. The van der Waals surface area contributed by atoms with E-state index in [2.05, 4.69) is 3.63 Å². The molecule has 0 aliphatic carbocycles. The molecule has 0 amide bonds. The first-order valence-electron chi connectivity index (χ1n) is 8.29. The first-order chi connectivity index (χ1) is 14.8. The van der Waals surface area contributed by atoms with Gasteiger partial charge in [-0.15, -0.1) is 3.63 Å². The molecular formula is C17H11F9O5S2. The van der Waals surface area contributed by atoms with Gasteiger partial charge in [0.05, 0.1) is 0 Å². The van der Waals surface area contributed by atoms with Crippen LogP contribution in [0.4, 0.5) is 39.5 Å². The molecular weight excluding hydrogens is 519 g/mol. The third kappa shape index (κ3) is 4.68. The molecule has 33 heavy (non-hydrogen) atoms. The van der Waals surface area contributed by atoms with Gasteiger partial charge in [0.15, 0.2) is 0 Å². The Kier molecular flexibility index (Phi) is 6.91. The quantitative estimate of drug-likeness (QED) is 0.455. The Bertz CT molecular complexity index is 1140. The predicted molar refractivity (Wildman–Crippen MR) is 94.5 cm³/mol. The van der Waals surface area contributed by atoms with Crippen molar-refractivity contribution in [3.05, 3.63) is 71.8 Å². The van der Waals surface area contributed by atoms with E-state index >= 15 is 0 Å². The van der Waals surface area contributed by atoms with Crippen LogP contribution in [0.25, 0.3) is 0 Å². The Balaban J connectivity index is 2.60. The van der Waals surface area contributed by atoms with E-state index in [4.69, 9.17) is 0 Å². The van der Waals surface area contributed by atoms with Crippen molar-refractivity contribution in [2.24, 2.45) is 0 Å². The standard InChI is InChI=1S/C17H11F9O5S2/c18-14(19,16(22,23)24)15(20,21)17(25,26)33(29,30)31-32(27,28)13(11-7-3-1-4-8-11)12-9-5-2-6-10-12/h1-10,13H. The highest BCUT2D eigenvalue weighted by Gasteiger charge is 2.86. The molecule has 0 atom stereocenters. The maximum absolute atomic E-state index is 13.9. The van der Waals surface area contributed by atoms with Crippen molar-refractivity contribution in [3.63, 3.8) is 0 Å². The van der Waals surface area contributed by atoms with Crippen LogP contribution in [-0.2, 0) is 23.9 Å². The summed E-state index contributed by atoms with van der Waals surface area (Å²) in [5, 5.41) is -9.58. The smallest absolute Gasteiger partial charge is 0.197 e. The van der Waals surface area contributed by atoms with Crippen molar-refractivity contribution in [2.75, 3.05) is 0 Å². The number of hydrogen-bond acceptors (Lipinski definition) is 5. The first kappa shape index (κ1) is 26.9. The molecule has 0 aliphatic rings. The Labute approximate surface area is 181 Å². The summed E-state index contributed by atoms with van der Waals surface area (Å²) in [6.45, 7) is 0. The van der Waals surface area contributed by atoms with Crippen LogP contribution in [0.3, 0.4) is 0 Å². The summed E-state index contributed by atoms with van der Waals surface area (Å²) in [5.74, 6) is -15.2. The highest BCUT2D eigenvalue weighted by molar-refractivity contribution is 8.00. The molecule has 0 spiro atoms. The Morgan fingerprint density at radius 1 is 0.606 bits per heavy atom. The normalized spacial score (nSPS) is 14.5. The zero-order valence-electron chi connectivity index (χ0n) is 15.6. The molecule has 0 aromatic heterocycles. The van der Waals surface area contributed by atoms with Crippen LogP contribution < -0.4 is 0 Å². The second kappa shape index (κ2) is 8.47. The number of benzene rings is 2. The Morgan fingerprint density at radius 2 is 0.970 bits per heavy atom. The molecule has 2 rings (SSSR count). The number of halogens is 9. The van der Waals surface area contributed by atoms with E-state index in [1.807, 2.05) is 0 Å². The van der Waals surface area contributed by atoms with Gasteiger partial charge in [0.2, 0.25) is 0 Å². The zero-order chi connectivity index (χ0) is 25.5. The summed E-state index contributed by atoms with van der Waals surface area (Å²) >= 11 is 0. The van der Waals surface area contributed by atoms with Gasteiger partial charge in [-0.3, -0.25) is 0 Å². The van der Waals surface area contributed by atoms with Crippen LogP contribution in [0.2, 0.25) is 0 Å². The molecule has 0 fully saturated rings. The average Bonchev–Trinajstić information content (AvgIpc) is 2.67. The van der Waals surface area contributed by atoms with Crippen molar-refractivity contribution in [1.82, 2.24) is 0 Å². The van der Waals surface area contributed by atoms with Gasteiger partial charge in [0.1, 0.15) is 5.25 Å². The fraction of sp³-hybridized carbons (Fsp3) is 0.294. The maximum atomic E-state index is 13.9. The monoisotopic (exact) mass is 530 g/mol. The van der Waals surface area contributed by atoms with Gasteiger partial charge in [-0.05, 0) is 11.1 Å². The predicted octanol–water partition coefficient (Wildman–Crippen LogP) is 4.88. The molecule has 2 aromatic carbocycles. The number of alkyl halides is 9. The molecule has 0 heterocycles. The molecule has 0 bridgehead atoms. The van der Waals surface area contributed by atoms with Crippen molar-refractivity contribution in [1.29, 1.82) is 0 Å². The van der Waals surface area contributed by atoms with E-state index in [1.165, 1.54) is 36.4 Å². The summed E-state index contributed by atoms with van der Waals surface area (Å²) in [6.07, 6.45) is -7.31. The Morgan fingerprint density at radius 3 is 1.30 bits per heavy atom. The molecule has 5 nitrogen and oxygen atoms in total. The van der Waals surface area contributed by atoms with E-state index in [1.54, 1.807) is 0 Å². The summed E-state index contributed by atoms with van der Waals surface area (Å²) in [5.41, 5.74) is -0.649. The van der Waals surface area contributed by atoms with E-state index in [-0.39, 0.29) is 11.1 Å². The van der Waals surface area contributed by atoms with Gasteiger partial charge >= 0.3 is 33.4 Å².